The zero-order chi connectivity index (χ0) is 20.6. The molecular weight excluding hydrogens is 499 g/mol. The van der Waals surface area contributed by atoms with E-state index in [1.54, 1.807) is 0 Å². The molecule has 6 nitrogen and oxygen atoms in total. The summed E-state index contributed by atoms with van der Waals surface area (Å²) in [4.78, 5) is 13.7. The third-order valence-corrected chi connectivity index (χ3v) is 4.90. The molecule has 4 rings (SSSR count). The highest BCUT2D eigenvalue weighted by Crippen LogP contribution is 2.16. The largest absolute Gasteiger partial charge is 0.357 e. The van der Waals surface area contributed by atoms with E-state index in [0.29, 0.717) is 13.1 Å². The van der Waals surface area contributed by atoms with Crippen LogP contribution in [-0.2, 0) is 19.6 Å². The van der Waals surface area contributed by atoms with E-state index in [-0.39, 0.29) is 24.0 Å². The topological polar surface area (TPSA) is 67.1 Å². The van der Waals surface area contributed by atoms with Crippen molar-refractivity contribution in [1.29, 1.82) is 0 Å². The summed E-state index contributed by atoms with van der Waals surface area (Å²) < 4.78 is 2.16. The van der Waals surface area contributed by atoms with Gasteiger partial charge >= 0.3 is 0 Å². The number of para-hydroxylation sites is 1. The van der Waals surface area contributed by atoms with E-state index in [4.69, 9.17) is 4.99 Å². The van der Waals surface area contributed by atoms with E-state index >= 15 is 0 Å². The Morgan fingerprint density at radius 3 is 2.58 bits per heavy atom. The zero-order valence-corrected chi connectivity index (χ0v) is 19.9. The Labute approximate surface area is 199 Å². The molecule has 2 N–H and O–H groups in total. The Morgan fingerprint density at radius 2 is 1.74 bits per heavy atom. The molecule has 0 aliphatic rings. The van der Waals surface area contributed by atoms with Gasteiger partial charge in [0.25, 0.3) is 0 Å². The molecule has 4 aromatic rings. The molecule has 0 amide bonds. The number of nitrogens with one attached hydrogen (secondary N) is 2. The van der Waals surface area contributed by atoms with Crippen molar-refractivity contribution in [3.8, 4) is 0 Å². The van der Waals surface area contributed by atoms with Crippen molar-refractivity contribution in [3.63, 3.8) is 0 Å². The second kappa shape index (κ2) is 11.5. The fraction of sp³-hybridized carbons (Fsp3) is 0.208. The van der Waals surface area contributed by atoms with Gasteiger partial charge in [-0.05, 0) is 30.2 Å². The highest BCUT2D eigenvalue weighted by Gasteiger charge is 2.06. The second-order valence-electron chi connectivity index (χ2n) is 6.99. The highest BCUT2D eigenvalue weighted by atomic mass is 127. The number of rotatable bonds is 7. The lowest BCUT2D eigenvalue weighted by molar-refractivity contribution is 0.688. The zero-order valence-electron chi connectivity index (χ0n) is 17.5. The third kappa shape index (κ3) is 6.04. The van der Waals surface area contributed by atoms with Crippen LogP contribution in [0.4, 0.5) is 0 Å². The number of benzene rings is 2. The minimum absolute atomic E-state index is 0. The maximum atomic E-state index is 4.78. The average Bonchev–Trinajstić information content (AvgIpc) is 3.23. The van der Waals surface area contributed by atoms with E-state index in [2.05, 4.69) is 62.4 Å². The normalized spacial score (nSPS) is 11.2. The van der Waals surface area contributed by atoms with Crippen LogP contribution >= 0.6 is 24.0 Å². The van der Waals surface area contributed by atoms with E-state index in [0.717, 1.165) is 41.3 Å². The summed E-state index contributed by atoms with van der Waals surface area (Å²) in [7, 11) is 0. The number of aromatic nitrogens is 3. The van der Waals surface area contributed by atoms with Crippen LogP contribution in [0, 0.1) is 0 Å². The summed E-state index contributed by atoms with van der Waals surface area (Å²) >= 11 is 0. The smallest absolute Gasteiger partial charge is 0.191 e. The summed E-state index contributed by atoms with van der Waals surface area (Å²) in [5.41, 5.74) is 3.40. The van der Waals surface area contributed by atoms with E-state index < -0.39 is 0 Å². The SMILES string of the molecule is CCNC(=NCc1ccnc2ccccc12)NCc1nccn1Cc1ccccc1.I. The Hall–Kier alpha value is -2.94. The molecule has 0 saturated carbocycles. The summed E-state index contributed by atoms with van der Waals surface area (Å²) in [6, 6.07) is 20.6. The Kier molecular flexibility index (Phi) is 8.40. The molecule has 31 heavy (non-hydrogen) atoms. The van der Waals surface area contributed by atoms with Crippen LogP contribution < -0.4 is 10.6 Å². The van der Waals surface area contributed by atoms with Gasteiger partial charge in [-0.25, -0.2) is 9.98 Å². The molecule has 0 unspecified atom stereocenters. The van der Waals surface area contributed by atoms with E-state index in [9.17, 15) is 0 Å². The van der Waals surface area contributed by atoms with Crippen LogP contribution in [0.25, 0.3) is 10.9 Å². The van der Waals surface area contributed by atoms with Gasteiger partial charge in [0.2, 0.25) is 0 Å². The van der Waals surface area contributed by atoms with Gasteiger partial charge in [0.15, 0.2) is 5.96 Å². The average molecular weight is 526 g/mol. The second-order valence-corrected chi connectivity index (χ2v) is 6.99. The predicted molar refractivity (Wildman–Crippen MR) is 137 cm³/mol. The molecule has 2 aromatic carbocycles. The molecule has 0 bridgehead atoms. The molecule has 2 aromatic heterocycles. The summed E-state index contributed by atoms with van der Waals surface area (Å²) in [5.74, 6) is 1.74. The summed E-state index contributed by atoms with van der Waals surface area (Å²) in [6.45, 7) is 4.84. The lowest BCUT2D eigenvalue weighted by Gasteiger charge is -2.13. The minimum atomic E-state index is 0. The molecule has 0 aliphatic heterocycles. The molecule has 160 valence electrons. The van der Waals surface area contributed by atoms with Gasteiger partial charge in [0, 0.05) is 37.1 Å². The standard InChI is InChI=1S/C24H26N6.HI/c1-2-25-24(28-16-20-12-13-26-22-11-7-6-10-21(20)22)29-17-23-27-14-15-30(23)18-19-8-4-3-5-9-19;/h3-15H,2,16-18H2,1H3,(H2,25,28,29);1H. The first-order valence-corrected chi connectivity index (χ1v) is 10.2. The van der Waals surface area contributed by atoms with Crippen molar-refractivity contribution < 1.29 is 0 Å². The van der Waals surface area contributed by atoms with Crippen molar-refractivity contribution in [2.24, 2.45) is 4.99 Å². The molecule has 0 spiro atoms. The van der Waals surface area contributed by atoms with Crippen LogP contribution in [0.2, 0.25) is 0 Å². The quantitative estimate of drug-likeness (QED) is 0.214. The van der Waals surface area contributed by atoms with Crippen molar-refractivity contribution >= 4 is 40.8 Å². The molecule has 0 fully saturated rings. The minimum Gasteiger partial charge on any atom is -0.357 e. The first-order chi connectivity index (χ1) is 14.8. The van der Waals surface area contributed by atoms with Crippen LogP contribution in [0.5, 0.6) is 0 Å². The Bertz CT molecular complexity index is 1120. The lowest BCUT2D eigenvalue weighted by Crippen LogP contribution is -2.37. The van der Waals surface area contributed by atoms with E-state index in [1.165, 1.54) is 5.56 Å². The van der Waals surface area contributed by atoms with Gasteiger partial charge in [-0.3, -0.25) is 4.98 Å². The number of nitrogens with zero attached hydrogens (tertiary/aromatic N) is 4. The Balaban J connectivity index is 0.00000272. The number of pyridine rings is 1. The number of imidazole rings is 1. The highest BCUT2D eigenvalue weighted by molar-refractivity contribution is 14.0. The van der Waals surface area contributed by atoms with Crippen LogP contribution in [-0.4, -0.2) is 27.0 Å². The van der Waals surface area contributed by atoms with Gasteiger partial charge in [-0.15, -0.1) is 24.0 Å². The first kappa shape index (κ1) is 22.7. The van der Waals surface area contributed by atoms with Gasteiger partial charge in [0.1, 0.15) is 5.82 Å². The van der Waals surface area contributed by atoms with Gasteiger partial charge in [-0.1, -0.05) is 48.5 Å². The number of guanidine groups is 1. The molecule has 7 heteroatoms. The van der Waals surface area contributed by atoms with Crippen molar-refractivity contribution in [1.82, 2.24) is 25.2 Å². The van der Waals surface area contributed by atoms with Gasteiger partial charge < -0.3 is 15.2 Å². The number of hydrogen-bond donors (Lipinski definition) is 2. The lowest BCUT2D eigenvalue weighted by atomic mass is 10.1. The monoisotopic (exact) mass is 526 g/mol. The number of halogens is 1. The Morgan fingerprint density at radius 1 is 0.935 bits per heavy atom. The van der Waals surface area contributed by atoms with Crippen LogP contribution in [0.3, 0.4) is 0 Å². The molecule has 0 saturated heterocycles. The van der Waals surface area contributed by atoms with Crippen molar-refractivity contribution in [2.45, 2.75) is 26.6 Å². The molecule has 2 heterocycles. The first-order valence-electron chi connectivity index (χ1n) is 10.2. The molecule has 0 radical (unpaired) electrons. The number of hydrogen-bond acceptors (Lipinski definition) is 3. The third-order valence-electron chi connectivity index (χ3n) is 4.90. The van der Waals surface area contributed by atoms with Gasteiger partial charge in [-0.2, -0.15) is 0 Å². The fourth-order valence-electron chi connectivity index (χ4n) is 3.39. The van der Waals surface area contributed by atoms with Crippen molar-refractivity contribution in [3.05, 3.63) is 96.2 Å². The van der Waals surface area contributed by atoms with E-state index in [1.807, 2.05) is 48.9 Å². The van der Waals surface area contributed by atoms with Crippen LogP contribution in [0.1, 0.15) is 23.9 Å². The maximum Gasteiger partial charge on any atom is 0.191 e. The maximum absolute atomic E-state index is 4.78. The van der Waals surface area contributed by atoms with Crippen LogP contribution in [0.15, 0.2) is 84.2 Å². The summed E-state index contributed by atoms with van der Waals surface area (Å²) in [5, 5.41) is 7.86. The molecular formula is C24H27IN6. The predicted octanol–water partition coefficient (Wildman–Crippen LogP) is 4.35. The number of aliphatic imine (C=N–C) groups is 1. The van der Waals surface area contributed by atoms with Crippen molar-refractivity contribution in [2.75, 3.05) is 6.54 Å². The van der Waals surface area contributed by atoms with Gasteiger partial charge in [0.05, 0.1) is 18.6 Å². The fourth-order valence-corrected chi connectivity index (χ4v) is 3.39. The summed E-state index contributed by atoms with van der Waals surface area (Å²) in [6.07, 6.45) is 5.69. The molecule has 0 atom stereocenters. The number of fused-ring (bicyclic) bond motifs is 1. The molecule has 0 aliphatic carbocycles.